The average Bonchev–Trinajstić information content (AvgIpc) is 3.07. The van der Waals surface area contributed by atoms with Crippen molar-refractivity contribution < 1.29 is 17.9 Å². The zero-order valence-corrected chi connectivity index (χ0v) is 18.0. The van der Waals surface area contributed by atoms with Crippen molar-refractivity contribution in [1.29, 1.82) is 0 Å². The Hall–Kier alpha value is -1.93. The molecule has 0 aromatic carbocycles. The molecule has 0 bridgehead atoms. The third-order valence-electron chi connectivity index (χ3n) is 7.14. The minimum atomic E-state index is -4.43. The van der Waals surface area contributed by atoms with Crippen LogP contribution in [-0.2, 0) is 10.9 Å². The lowest BCUT2D eigenvalue weighted by atomic mass is 10.0. The van der Waals surface area contributed by atoms with Crippen molar-refractivity contribution in [2.45, 2.75) is 57.3 Å². The van der Waals surface area contributed by atoms with Crippen molar-refractivity contribution in [2.75, 3.05) is 26.3 Å². The molecule has 2 unspecified atom stereocenters. The van der Waals surface area contributed by atoms with Crippen LogP contribution in [0.3, 0.4) is 0 Å². The molecule has 3 aliphatic rings. The van der Waals surface area contributed by atoms with Gasteiger partial charge in [0.1, 0.15) is 5.69 Å². The Labute approximate surface area is 180 Å². The smallest absolute Gasteiger partial charge is 0.380 e. The number of hydrogen-bond donors (Lipinski definition) is 0. The summed E-state index contributed by atoms with van der Waals surface area (Å²) in [6.45, 7) is 8.06. The zero-order valence-electron chi connectivity index (χ0n) is 18.0. The van der Waals surface area contributed by atoms with Gasteiger partial charge < -0.3 is 4.74 Å². The fourth-order valence-corrected chi connectivity index (χ4v) is 5.61. The Morgan fingerprint density at radius 1 is 1.10 bits per heavy atom. The number of rotatable bonds is 4. The van der Waals surface area contributed by atoms with E-state index in [1.165, 1.54) is 30.8 Å². The van der Waals surface area contributed by atoms with Crippen LogP contribution < -0.4 is 0 Å². The summed E-state index contributed by atoms with van der Waals surface area (Å²) in [5.41, 5.74) is 1.68. The Morgan fingerprint density at radius 2 is 1.87 bits per heavy atom. The van der Waals surface area contributed by atoms with E-state index in [0.29, 0.717) is 35.1 Å². The molecular formula is C23H29F3N4O. The standard InChI is InChI=1S/C23H29F3N4O/c1-14(2)30-20(12-19(28-30)15-4-5-21(27-13-15)23(24,25)26)22-17-10-16(11-18(17)22)29-6-3-8-31-9-7-29/h4-5,12-14,16-18,22H,3,6-11H2,1-2H3/t16?,17-,18+,22?. The van der Waals surface area contributed by atoms with Crippen LogP contribution in [0.25, 0.3) is 11.3 Å². The maximum atomic E-state index is 12.8. The van der Waals surface area contributed by atoms with Crippen molar-refractivity contribution >= 4 is 0 Å². The first kappa shape index (κ1) is 20.9. The second-order valence-corrected chi connectivity index (χ2v) is 9.40. The molecule has 0 radical (unpaired) electrons. The normalized spacial score (nSPS) is 29.2. The van der Waals surface area contributed by atoms with Crippen LogP contribution in [0.4, 0.5) is 13.2 Å². The summed E-state index contributed by atoms with van der Waals surface area (Å²) in [6.07, 6.45) is 0.401. The molecule has 3 heterocycles. The SMILES string of the molecule is CC(C)n1nc(-c2ccc(C(F)(F)F)nc2)cc1C1[C@H]2CC(N3CCCOCC3)C[C@@H]12. The molecule has 2 aliphatic carbocycles. The summed E-state index contributed by atoms with van der Waals surface area (Å²) in [5.74, 6) is 1.87. The van der Waals surface area contributed by atoms with E-state index >= 15 is 0 Å². The molecule has 1 saturated heterocycles. The zero-order chi connectivity index (χ0) is 21.8. The van der Waals surface area contributed by atoms with Gasteiger partial charge in [-0.3, -0.25) is 14.6 Å². The first-order valence-electron chi connectivity index (χ1n) is 11.3. The Balaban J connectivity index is 1.33. The van der Waals surface area contributed by atoms with Gasteiger partial charge in [0, 0.05) is 55.2 Å². The third-order valence-corrected chi connectivity index (χ3v) is 7.14. The molecule has 168 valence electrons. The largest absolute Gasteiger partial charge is 0.433 e. The summed E-state index contributed by atoms with van der Waals surface area (Å²) in [7, 11) is 0. The molecule has 1 aliphatic heterocycles. The van der Waals surface area contributed by atoms with Gasteiger partial charge in [-0.2, -0.15) is 18.3 Å². The number of nitrogens with zero attached hydrogens (tertiary/aromatic N) is 4. The summed E-state index contributed by atoms with van der Waals surface area (Å²) in [5, 5.41) is 4.75. The highest BCUT2D eigenvalue weighted by molar-refractivity contribution is 5.59. The molecule has 4 atom stereocenters. The fraction of sp³-hybridized carbons (Fsp3) is 0.652. The number of pyridine rings is 1. The van der Waals surface area contributed by atoms with E-state index in [2.05, 4.69) is 34.5 Å². The summed E-state index contributed by atoms with van der Waals surface area (Å²) >= 11 is 0. The molecule has 5 nitrogen and oxygen atoms in total. The lowest BCUT2D eigenvalue weighted by Gasteiger charge is -2.28. The number of aromatic nitrogens is 3. The van der Waals surface area contributed by atoms with Crippen LogP contribution in [0.2, 0.25) is 0 Å². The third kappa shape index (κ3) is 4.00. The minimum absolute atomic E-state index is 0.200. The molecular weight excluding hydrogens is 405 g/mol. The Kier molecular flexibility index (Phi) is 5.33. The second kappa shape index (κ2) is 7.89. The van der Waals surface area contributed by atoms with Gasteiger partial charge in [-0.1, -0.05) is 0 Å². The highest BCUT2D eigenvalue weighted by Gasteiger charge is 2.58. The number of ether oxygens (including phenoxy) is 1. The van der Waals surface area contributed by atoms with Gasteiger partial charge >= 0.3 is 6.18 Å². The van der Waals surface area contributed by atoms with Gasteiger partial charge in [0.05, 0.1) is 12.3 Å². The second-order valence-electron chi connectivity index (χ2n) is 9.40. The van der Waals surface area contributed by atoms with E-state index in [-0.39, 0.29) is 6.04 Å². The summed E-state index contributed by atoms with van der Waals surface area (Å²) in [4.78, 5) is 6.21. The summed E-state index contributed by atoms with van der Waals surface area (Å²) in [6, 6.07) is 5.43. The van der Waals surface area contributed by atoms with Crippen LogP contribution in [-0.4, -0.2) is 52.0 Å². The fourth-order valence-electron chi connectivity index (χ4n) is 5.61. The number of hydrogen-bond acceptors (Lipinski definition) is 4. The van der Waals surface area contributed by atoms with Gasteiger partial charge in [0.2, 0.25) is 0 Å². The van der Waals surface area contributed by atoms with Gasteiger partial charge in [-0.15, -0.1) is 0 Å². The first-order chi connectivity index (χ1) is 14.8. The van der Waals surface area contributed by atoms with E-state index in [9.17, 15) is 13.2 Å². The molecule has 2 saturated carbocycles. The molecule has 0 N–H and O–H groups in total. The molecule has 2 aromatic rings. The molecule has 31 heavy (non-hydrogen) atoms. The quantitative estimate of drug-likeness (QED) is 0.696. The number of halogens is 3. The lowest BCUT2D eigenvalue weighted by molar-refractivity contribution is -0.141. The lowest BCUT2D eigenvalue weighted by Crippen LogP contribution is -2.36. The average molecular weight is 435 g/mol. The summed E-state index contributed by atoms with van der Waals surface area (Å²) < 4.78 is 46.2. The van der Waals surface area contributed by atoms with Crippen LogP contribution >= 0.6 is 0 Å². The van der Waals surface area contributed by atoms with Crippen molar-refractivity contribution in [1.82, 2.24) is 19.7 Å². The van der Waals surface area contributed by atoms with Gasteiger partial charge in [-0.05, 0) is 63.1 Å². The first-order valence-corrected chi connectivity index (χ1v) is 11.3. The predicted molar refractivity (Wildman–Crippen MR) is 111 cm³/mol. The van der Waals surface area contributed by atoms with Crippen LogP contribution in [0.1, 0.15) is 56.5 Å². The molecule has 5 rings (SSSR count). The van der Waals surface area contributed by atoms with E-state index in [1.54, 1.807) is 0 Å². The number of fused-ring (bicyclic) bond motifs is 1. The van der Waals surface area contributed by atoms with E-state index in [0.717, 1.165) is 38.8 Å². The number of alkyl halides is 3. The topological polar surface area (TPSA) is 43.2 Å². The molecule has 3 fully saturated rings. The monoisotopic (exact) mass is 434 g/mol. The molecule has 2 aromatic heterocycles. The van der Waals surface area contributed by atoms with E-state index < -0.39 is 11.9 Å². The van der Waals surface area contributed by atoms with Crippen molar-refractivity contribution in [3.8, 4) is 11.3 Å². The van der Waals surface area contributed by atoms with Crippen molar-refractivity contribution in [3.05, 3.63) is 35.8 Å². The molecule has 8 heteroatoms. The van der Waals surface area contributed by atoms with Gasteiger partial charge in [-0.25, -0.2) is 0 Å². The van der Waals surface area contributed by atoms with Crippen molar-refractivity contribution in [3.63, 3.8) is 0 Å². The highest BCUT2D eigenvalue weighted by atomic mass is 19.4. The van der Waals surface area contributed by atoms with E-state index in [4.69, 9.17) is 9.84 Å². The van der Waals surface area contributed by atoms with Crippen LogP contribution in [0, 0.1) is 11.8 Å². The van der Waals surface area contributed by atoms with Crippen molar-refractivity contribution in [2.24, 2.45) is 11.8 Å². The van der Waals surface area contributed by atoms with Crippen LogP contribution in [0.15, 0.2) is 24.4 Å². The maximum Gasteiger partial charge on any atom is 0.433 e. The Bertz CT molecular complexity index is 904. The molecule has 0 amide bonds. The predicted octanol–water partition coefficient (Wildman–Crippen LogP) is 4.76. The molecule has 0 spiro atoms. The minimum Gasteiger partial charge on any atom is -0.380 e. The highest BCUT2D eigenvalue weighted by Crippen LogP contribution is 2.64. The van der Waals surface area contributed by atoms with Gasteiger partial charge in [0.25, 0.3) is 0 Å². The van der Waals surface area contributed by atoms with Crippen LogP contribution in [0.5, 0.6) is 0 Å². The maximum absolute atomic E-state index is 12.8. The van der Waals surface area contributed by atoms with Gasteiger partial charge in [0.15, 0.2) is 0 Å². The Morgan fingerprint density at radius 3 is 2.52 bits per heavy atom. The van der Waals surface area contributed by atoms with E-state index in [1.807, 2.05) is 0 Å².